The molecule has 1 heterocycles. The van der Waals surface area contributed by atoms with E-state index in [2.05, 4.69) is 24.1 Å². The van der Waals surface area contributed by atoms with Crippen LogP contribution in [0.2, 0.25) is 0 Å². The quantitative estimate of drug-likeness (QED) is 0.744. The molecule has 1 aromatic heterocycles. The van der Waals surface area contributed by atoms with Gasteiger partial charge in [-0.2, -0.15) is 0 Å². The third kappa shape index (κ3) is 3.66. The maximum atomic E-state index is 11.9. The molecule has 2 N–H and O–H groups in total. The van der Waals surface area contributed by atoms with Gasteiger partial charge < -0.3 is 15.0 Å². The van der Waals surface area contributed by atoms with Gasteiger partial charge in [0.2, 0.25) is 5.91 Å². The molecule has 0 bridgehead atoms. The third-order valence-corrected chi connectivity index (χ3v) is 2.29. The van der Waals surface area contributed by atoms with Gasteiger partial charge in [-0.3, -0.25) is 4.79 Å². The lowest BCUT2D eigenvalue weighted by atomic mass is 10.0. The summed E-state index contributed by atoms with van der Waals surface area (Å²) in [7, 11) is 0. The Hall–Kier alpha value is -1.36. The maximum Gasteiger partial charge on any atom is 0.243 e. The minimum absolute atomic E-state index is 0.0376. The van der Waals surface area contributed by atoms with Crippen molar-refractivity contribution in [1.82, 2.24) is 14.9 Å². The van der Waals surface area contributed by atoms with Gasteiger partial charge in [0.05, 0.1) is 12.9 Å². The van der Waals surface area contributed by atoms with Gasteiger partial charge in [-0.05, 0) is 12.3 Å². The Bertz CT molecular complexity index is 309. The SMILES string of the molecule is CC(C)CC(C(=O)NCCO)n1ccnc1. The molecule has 0 saturated carbocycles. The van der Waals surface area contributed by atoms with Crippen molar-refractivity contribution in [2.45, 2.75) is 26.3 Å². The molecule has 16 heavy (non-hydrogen) atoms. The number of aliphatic hydroxyl groups excluding tert-OH is 1. The second-order valence-corrected chi connectivity index (χ2v) is 4.17. The number of carbonyl (C=O) groups excluding carboxylic acids is 1. The van der Waals surface area contributed by atoms with Crippen LogP contribution in [0.15, 0.2) is 18.7 Å². The predicted octanol–water partition coefficient (Wildman–Crippen LogP) is 0.579. The first kappa shape index (κ1) is 12.7. The van der Waals surface area contributed by atoms with Gasteiger partial charge in [-0.15, -0.1) is 0 Å². The summed E-state index contributed by atoms with van der Waals surface area (Å²) >= 11 is 0. The molecule has 1 atom stereocenters. The van der Waals surface area contributed by atoms with Crippen LogP contribution >= 0.6 is 0 Å². The van der Waals surface area contributed by atoms with Gasteiger partial charge in [0.1, 0.15) is 6.04 Å². The summed E-state index contributed by atoms with van der Waals surface area (Å²) in [6, 6.07) is -0.242. The zero-order valence-corrected chi connectivity index (χ0v) is 9.76. The molecule has 1 amide bonds. The molecular weight excluding hydrogens is 206 g/mol. The van der Waals surface area contributed by atoms with Crippen LogP contribution in [0.1, 0.15) is 26.3 Å². The second-order valence-electron chi connectivity index (χ2n) is 4.17. The van der Waals surface area contributed by atoms with E-state index in [1.54, 1.807) is 23.3 Å². The molecule has 0 radical (unpaired) electrons. The molecule has 5 heteroatoms. The second kappa shape index (κ2) is 6.27. The van der Waals surface area contributed by atoms with E-state index in [1.165, 1.54) is 0 Å². The minimum atomic E-state index is -0.242. The van der Waals surface area contributed by atoms with E-state index in [4.69, 9.17) is 5.11 Å². The van der Waals surface area contributed by atoms with Crippen LogP contribution in [0.5, 0.6) is 0 Å². The highest BCUT2D eigenvalue weighted by Crippen LogP contribution is 2.17. The lowest BCUT2D eigenvalue weighted by molar-refractivity contribution is -0.125. The number of nitrogens with zero attached hydrogens (tertiary/aromatic N) is 2. The van der Waals surface area contributed by atoms with Gasteiger partial charge in [0.25, 0.3) is 0 Å². The van der Waals surface area contributed by atoms with Crippen LogP contribution in [0, 0.1) is 5.92 Å². The normalized spacial score (nSPS) is 12.8. The van der Waals surface area contributed by atoms with E-state index < -0.39 is 0 Å². The van der Waals surface area contributed by atoms with Gasteiger partial charge in [-0.25, -0.2) is 4.98 Å². The first-order chi connectivity index (χ1) is 7.65. The van der Waals surface area contributed by atoms with Crippen molar-refractivity contribution < 1.29 is 9.90 Å². The van der Waals surface area contributed by atoms with E-state index in [-0.39, 0.29) is 18.6 Å². The van der Waals surface area contributed by atoms with Crippen molar-refractivity contribution in [2.75, 3.05) is 13.2 Å². The molecular formula is C11H19N3O2. The fourth-order valence-corrected chi connectivity index (χ4v) is 1.56. The maximum absolute atomic E-state index is 11.9. The van der Waals surface area contributed by atoms with Crippen molar-refractivity contribution >= 4 is 5.91 Å². The molecule has 0 spiro atoms. The molecule has 1 aromatic rings. The summed E-state index contributed by atoms with van der Waals surface area (Å²) in [5, 5.41) is 11.4. The fourth-order valence-electron chi connectivity index (χ4n) is 1.56. The van der Waals surface area contributed by atoms with Gasteiger partial charge in [-0.1, -0.05) is 13.8 Å². The number of aromatic nitrogens is 2. The topological polar surface area (TPSA) is 67.2 Å². The number of carbonyl (C=O) groups is 1. The summed E-state index contributed by atoms with van der Waals surface area (Å²) in [6.07, 6.45) is 5.84. The number of rotatable bonds is 6. The molecule has 90 valence electrons. The number of aliphatic hydroxyl groups is 1. The van der Waals surface area contributed by atoms with Crippen molar-refractivity contribution in [3.05, 3.63) is 18.7 Å². The van der Waals surface area contributed by atoms with E-state index in [0.29, 0.717) is 12.5 Å². The predicted molar refractivity (Wildman–Crippen MR) is 60.8 cm³/mol. The number of nitrogens with one attached hydrogen (secondary N) is 1. The molecule has 0 fully saturated rings. The summed E-state index contributed by atoms with van der Waals surface area (Å²) in [5.74, 6) is 0.355. The van der Waals surface area contributed by atoms with Crippen LogP contribution < -0.4 is 5.32 Å². The molecule has 0 aliphatic heterocycles. The zero-order valence-electron chi connectivity index (χ0n) is 9.76. The molecule has 0 saturated heterocycles. The fraction of sp³-hybridized carbons (Fsp3) is 0.636. The third-order valence-electron chi connectivity index (χ3n) is 2.29. The Morgan fingerprint density at radius 2 is 2.31 bits per heavy atom. The first-order valence-electron chi connectivity index (χ1n) is 5.51. The smallest absolute Gasteiger partial charge is 0.243 e. The zero-order chi connectivity index (χ0) is 12.0. The highest BCUT2D eigenvalue weighted by atomic mass is 16.3. The molecule has 5 nitrogen and oxygen atoms in total. The number of amides is 1. The summed E-state index contributed by atoms with van der Waals surface area (Å²) in [5.41, 5.74) is 0. The van der Waals surface area contributed by atoms with Gasteiger partial charge in [0.15, 0.2) is 0 Å². The lowest BCUT2D eigenvalue weighted by Crippen LogP contribution is -2.34. The summed E-state index contributed by atoms with van der Waals surface area (Å²) < 4.78 is 1.80. The van der Waals surface area contributed by atoms with Crippen molar-refractivity contribution in [2.24, 2.45) is 5.92 Å². The Kier molecular flexibility index (Phi) is 4.98. The van der Waals surface area contributed by atoms with Crippen LogP contribution in [-0.4, -0.2) is 33.7 Å². The first-order valence-corrected chi connectivity index (χ1v) is 5.51. The average Bonchev–Trinajstić information content (AvgIpc) is 2.75. The highest BCUT2D eigenvalue weighted by molar-refractivity contribution is 5.80. The number of hydrogen-bond donors (Lipinski definition) is 2. The van der Waals surface area contributed by atoms with Crippen molar-refractivity contribution in [3.63, 3.8) is 0 Å². The van der Waals surface area contributed by atoms with Crippen molar-refractivity contribution in [3.8, 4) is 0 Å². The van der Waals surface area contributed by atoms with Crippen LogP contribution in [0.3, 0.4) is 0 Å². The van der Waals surface area contributed by atoms with Crippen LogP contribution in [0.4, 0.5) is 0 Å². The Balaban J connectivity index is 2.67. The summed E-state index contributed by atoms with van der Waals surface area (Å²) in [6.45, 7) is 4.40. The van der Waals surface area contributed by atoms with E-state index in [9.17, 15) is 4.79 Å². The Morgan fingerprint density at radius 3 is 2.81 bits per heavy atom. The minimum Gasteiger partial charge on any atom is -0.395 e. The molecule has 1 unspecified atom stereocenters. The van der Waals surface area contributed by atoms with E-state index >= 15 is 0 Å². The monoisotopic (exact) mass is 225 g/mol. The summed E-state index contributed by atoms with van der Waals surface area (Å²) in [4.78, 5) is 15.8. The average molecular weight is 225 g/mol. The molecule has 0 aliphatic rings. The lowest BCUT2D eigenvalue weighted by Gasteiger charge is -2.19. The van der Waals surface area contributed by atoms with E-state index in [1.807, 2.05) is 0 Å². The van der Waals surface area contributed by atoms with Crippen molar-refractivity contribution in [1.29, 1.82) is 0 Å². The largest absolute Gasteiger partial charge is 0.395 e. The Morgan fingerprint density at radius 1 is 1.56 bits per heavy atom. The van der Waals surface area contributed by atoms with Crippen LogP contribution in [-0.2, 0) is 4.79 Å². The Labute approximate surface area is 95.5 Å². The standard InChI is InChI=1S/C11H19N3O2/c1-9(2)7-10(11(16)13-4-6-15)14-5-3-12-8-14/h3,5,8-10,15H,4,6-7H2,1-2H3,(H,13,16). The van der Waals surface area contributed by atoms with E-state index in [0.717, 1.165) is 6.42 Å². The molecule has 0 aliphatic carbocycles. The highest BCUT2D eigenvalue weighted by Gasteiger charge is 2.20. The molecule has 1 rings (SSSR count). The number of imidazole rings is 1. The van der Waals surface area contributed by atoms with Gasteiger partial charge in [0, 0.05) is 18.9 Å². The number of hydrogen-bond acceptors (Lipinski definition) is 3. The van der Waals surface area contributed by atoms with Crippen LogP contribution in [0.25, 0.3) is 0 Å². The van der Waals surface area contributed by atoms with Gasteiger partial charge >= 0.3 is 0 Å². The molecule has 0 aromatic carbocycles.